The van der Waals surface area contributed by atoms with Crippen LogP contribution in [0.15, 0.2) is 17.3 Å². The fourth-order valence-electron chi connectivity index (χ4n) is 1.51. The Kier molecular flexibility index (Phi) is 6.72. The summed E-state index contributed by atoms with van der Waals surface area (Å²) in [7, 11) is 0. The third kappa shape index (κ3) is 5.63. The molecule has 0 spiro atoms. The summed E-state index contributed by atoms with van der Waals surface area (Å²) in [5.41, 5.74) is 0.0655. The number of rotatable bonds is 7. The van der Waals surface area contributed by atoms with Crippen molar-refractivity contribution in [3.05, 3.63) is 26.4 Å². The average Bonchev–Trinajstić information content (AvgIpc) is 2.28. The standard InChI is InChI=1S/C12H20IN3O/c1-10(2)7-14-5-3-4-6-16-9-15-8-11(13)12(16)17/h8-10,14H,3-7H2,1-2H3. The van der Waals surface area contributed by atoms with E-state index < -0.39 is 0 Å². The molecule has 0 fully saturated rings. The number of aryl methyl sites for hydroxylation is 1. The van der Waals surface area contributed by atoms with E-state index in [2.05, 4.69) is 24.1 Å². The molecule has 0 aliphatic carbocycles. The second-order valence-electron chi connectivity index (χ2n) is 4.55. The summed E-state index contributed by atoms with van der Waals surface area (Å²) in [5, 5.41) is 3.39. The van der Waals surface area contributed by atoms with Crippen LogP contribution in [0.5, 0.6) is 0 Å². The van der Waals surface area contributed by atoms with Gasteiger partial charge >= 0.3 is 0 Å². The SMILES string of the molecule is CC(C)CNCCCCn1cncc(I)c1=O. The Morgan fingerprint density at radius 3 is 2.94 bits per heavy atom. The molecule has 0 radical (unpaired) electrons. The highest BCUT2D eigenvalue weighted by molar-refractivity contribution is 14.1. The fraction of sp³-hybridized carbons (Fsp3) is 0.667. The normalized spacial score (nSPS) is 11.1. The Morgan fingerprint density at radius 2 is 2.24 bits per heavy atom. The van der Waals surface area contributed by atoms with Crippen LogP contribution in [0.3, 0.4) is 0 Å². The van der Waals surface area contributed by atoms with Crippen molar-refractivity contribution in [2.24, 2.45) is 5.92 Å². The van der Waals surface area contributed by atoms with E-state index in [9.17, 15) is 4.79 Å². The van der Waals surface area contributed by atoms with E-state index in [1.807, 2.05) is 22.6 Å². The molecule has 1 N–H and O–H groups in total. The van der Waals surface area contributed by atoms with Gasteiger partial charge in [0, 0.05) is 12.7 Å². The second kappa shape index (κ2) is 7.81. The predicted octanol–water partition coefficient (Wildman–Crippen LogP) is 1.87. The van der Waals surface area contributed by atoms with Crippen LogP contribution in [0.4, 0.5) is 0 Å². The highest BCUT2D eigenvalue weighted by Gasteiger charge is 2.00. The molecule has 0 saturated carbocycles. The maximum absolute atomic E-state index is 11.7. The zero-order valence-electron chi connectivity index (χ0n) is 10.4. The average molecular weight is 349 g/mol. The van der Waals surface area contributed by atoms with Crippen molar-refractivity contribution in [1.29, 1.82) is 0 Å². The topological polar surface area (TPSA) is 46.9 Å². The van der Waals surface area contributed by atoms with Crippen molar-refractivity contribution in [3.63, 3.8) is 0 Å². The molecule has 0 bridgehead atoms. The molecule has 1 rings (SSSR count). The van der Waals surface area contributed by atoms with Crippen molar-refractivity contribution >= 4 is 22.6 Å². The van der Waals surface area contributed by atoms with Crippen LogP contribution >= 0.6 is 22.6 Å². The molecule has 1 aromatic rings. The summed E-state index contributed by atoms with van der Waals surface area (Å²) in [4.78, 5) is 15.7. The van der Waals surface area contributed by atoms with Crippen LogP contribution in [-0.4, -0.2) is 22.6 Å². The van der Waals surface area contributed by atoms with Crippen LogP contribution in [-0.2, 0) is 6.54 Å². The third-order valence-corrected chi connectivity index (χ3v) is 3.15. The lowest BCUT2D eigenvalue weighted by molar-refractivity contribution is 0.514. The maximum Gasteiger partial charge on any atom is 0.266 e. The first-order chi connectivity index (χ1) is 8.11. The van der Waals surface area contributed by atoms with E-state index in [0.29, 0.717) is 9.49 Å². The Hall–Kier alpha value is -0.430. The minimum absolute atomic E-state index is 0.0655. The van der Waals surface area contributed by atoms with E-state index in [1.54, 1.807) is 17.1 Å². The quantitative estimate of drug-likeness (QED) is 0.604. The van der Waals surface area contributed by atoms with Gasteiger partial charge in [-0.1, -0.05) is 13.8 Å². The largest absolute Gasteiger partial charge is 0.316 e. The molecule has 1 aromatic heterocycles. The number of unbranched alkanes of at least 4 members (excludes halogenated alkanes) is 1. The molecule has 1 heterocycles. The molecule has 17 heavy (non-hydrogen) atoms. The van der Waals surface area contributed by atoms with Gasteiger partial charge in [0.1, 0.15) is 0 Å². The van der Waals surface area contributed by atoms with Gasteiger partial charge in [-0.05, 0) is 54.4 Å². The summed E-state index contributed by atoms with van der Waals surface area (Å²) in [6.45, 7) is 7.23. The monoisotopic (exact) mass is 349 g/mol. The van der Waals surface area contributed by atoms with E-state index in [4.69, 9.17) is 0 Å². The molecule has 0 aliphatic heterocycles. The van der Waals surface area contributed by atoms with E-state index in [0.717, 1.165) is 32.5 Å². The third-order valence-electron chi connectivity index (χ3n) is 2.41. The van der Waals surface area contributed by atoms with Crippen molar-refractivity contribution in [2.75, 3.05) is 13.1 Å². The zero-order chi connectivity index (χ0) is 12.7. The van der Waals surface area contributed by atoms with Gasteiger partial charge in [-0.15, -0.1) is 0 Å². The van der Waals surface area contributed by atoms with Gasteiger partial charge in [-0.2, -0.15) is 0 Å². The number of aromatic nitrogens is 2. The molecule has 96 valence electrons. The van der Waals surface area contributed by atoms with E-state index >= 15 is 0 Å². The van der Waals surface area contributed by atoms with Crippen LogP contribution in [0, 0.1) is 9.49 Å². The molecule has 0 unspecified atom stereocenters. The number of nitrogens with zero attached hydrogens (tertiary/aromatic N) is 2. The minimum atomic E-state index is 0.0655. The lowest BCUT2D eigenvalue weighted by atomic mass is 10.2. The van der Waals surface area contributed by atoms with Crippen molar-refractivity contribution in [1.82, 2.24) is 14.9 Å². The lowest BCUT2D eigenvalue weighted by Crippen LogP contribution is -2.24. The minimum Gasteiger partial charge on any atom is -0.316 e. The first-order valence-electron chi connectivity index (χ1n) is 6.02. The van der Waals surface area contributed by atoms with Gasteiger partial charge in [0.25, 0.3) is 5.56 Å². The first kappa shape index (κ1) is 14.6. The number of hydrogen-bond donors (Lipinski definition) is 1. The van der Waals surface area contributed by atoms with Gasteiger partial charge in [-0.25, -0.2) is 4.98 Å². The second-order valence-corrected chi connectivity index (χ2v) is 5.71. The summed E-state index contributed by atoms with van der Waals surface area (Å²) in [6, 6.07) is 0. The Balaban J connectivity index is 2.23. The number of nitrogens with one attached hydrogen (secondary N) is 1. The van der Waals surface area contributed by atoms with Crippen molar-refractivity contribution in [2.45, 2.75) is 33.2 Å². The molecule has 0 amide bonds. The summed E-state index contributed by atoms with van der Waals surface area (Å²) in [6.07, 6.45) is 5.31. The molecule has 0 aromatic carbocycles. The van der Waals surface area contributed by atoms with Gasteiger partial charge in [-0.3, -0.25) is 9.36 Å². The highest BCUT2D eigenvalue weighted by atomic mass is 127. The smallest absolute Gasteiger partial charge is 0.266 e. The van der Waals surface area contributed by atoms with Gasteiger partial charge in [0.05, 0.1) is 9.90 Å². The fourth-order valence-corrected chi connectivity index (χ4v) is 1.98. The predicted molar refractivity (Wildman–Crippen MR) is 78.2 cm³/mol. The van der Waals surface area contributed by atoms with Gasteiger partial charge < -0.3 is 5.32 Å². The number of halogens is 1. The van der Waals surface area contributed by atoms with Gasteiger partial charge in [0.2, 0.25) is 0 Å². The first-order valence-corrected chi connectivity index (χ1v) is 7.10. The molecule has 0 saturated heterocycles. The van der Waals surface area contributed by atoms with Crippen LogP contribution in [0.1, 0.15) is 26.7 Å². The summed E-state index contributed by atoms with van der Waals surface area (Å²) >= 11 is 2.02. The maximum atomic E-state index is 11.7. The van der Waals surface area contributed by atoms with Crippen LogP contribution < -0.4 is 10.9 Å². The van der Waals surface area contributed by atoms with E-state index in [1.165, 1.54) is 0 Å². The Bertz CT molecular complexity index is 390. The molecule has 0 aliphatic rings. The molecular weight excluding hydrogens is 329 g/mol. The van der Waals surface area contributed by atoms with Crippen LogP contribution in [0.2, 0.25) is 0 Å². The Morgan fingerprint density at radius 1 is 1.47 bits per heavy atom. The molecule has 5 heteroatoms. The van der Waals surface area contributed by atoms with Crippen molar-refractivity contribution < 1.29 is 0 Å². The van der Waals surface area contributed by atoms with Crippen LogP contribution in [0.25, 0.3) is 0 Å². The van der Waals surface area contributed by atoms with Crippen molar-refractivity contribution in [3.8, 4) is 0 Å². The summed E-state index contributed by atoms with van der Waals surface area (Å²) in [5.74, 6) is 0.692. The summed E-state index contributed by atoms with van der Waals surface area (Å²) < 4.78 is 2.37. The Labute approximate surface area is 116 Å². The van der Waals surface area contributed by atoms with Gasteiger partial charge in [0.15, 0.2) is 0 Å². The zero-order valence-corrected chi connectivity index (χ0v) is 12.6. The number of hydrogen-bond acceptors (Lipinski definition) is 3. The lowest BCUT2D eigenvalue weighted by Gasteiger charge is -2.08. The molecular formula is C12H20IN3O. The highest BCUT2D eigenvalue weighted by Crippen LogP contribution is 1.96. The van der Waals surface area contributed by atoms with E-state index in [-0.39, 0.29) is 5.56 Å². The molecule has 0 atom stereocenters. The molecule has 4 nitrogen and oxygen atoms in total.